The van der Waals surface area contributed by atoms with Gasteiger partial charge in [0, 0.05) is 6.54 Å². The highest BCUT2D eigenvalue weighted by Crippen LogP contribution is 2.38. The van der Waals surface area contributed by atoms with E-state index < -0.39 is 11.0 Å². The lowest BCUT2D eigenvalue weighted by atomic mass is 9.70. The Kier molecular flexibility index (Phi) is 4.21. The van der Waals surface area contributed by atoms with Crippen LogP contribution >= 0.6 is 0 Å². The summed E-state index contributed by atoms with van der Waals surface area (Å²) in [5.74, 6) is 3.31. The maximum Gasteiger partial charge on any atom is 0.228 e. The van der Waals surface area contributed by atoms with Gasteiger partial charge in [-0.3, -0.25) is 4.79 Å². The van der Waals surface area contributed by atoms with Crippen molar-refractivity contribution in [1.29, 1.82) is 0 Å². The third-order valence-electron chi connectivity index (χ3n) is 3.89. The van der Waals surface area contributed by atoms with Crippen LogP contribution in [0.2, 0.25) is 0 Å². The molecule has 0 bridgehead atoms. The predicted molar refractivity (Wildman–Crippen MR) is 70.2 cm³/mol. The van der Waals surface area contributed by atoms with E-state index in [2.05, 4.69) is 18.2 Å². The van der Waals surface area contributed by atoms with Gasteiger partial charge in [-0.1, -0.05) is 12.8 Å². The fourth-order valence-electron chi connectivity index (χ4n) is 2.29. The molecule has 0 atom stereocenters. The van der Waals surface area contributed by atoms with Crippen LogP contribution in [-0.4, -0.2) is 18.0 Å². The molecule has 0 aliphatic heterocycles. The number of hydrogen-bond donors (Lipinski definition) is 2. The van der Waals surface area contributed by atoms with E-state index in [1.54, 1.807) is 0 Å². The zero-order chi connectivity index (χ0) is 13.1. The molecule has 0 radical (unpaired) electrons. The van der Waals surface area contributed by atoms with Crippen LogP contribution < -0.4 is 11.1 Å². The van der Waals surface area contributed by atoms with E-state index in [1.165, 1.54) is 0 Å². The molecular weight excluding hydrogens is 212 g/mol. The molecular formula is C14H24N2O. The minimum absolute atomic E-state index is 0.0230. The highest BCUT2D eigenvalue weighted by atomic mass is 16.2. The van der Waals surface area contributed by atoms with E-state index in [1.807, 2.05) is 13.8 Å². The SMILES string of the molecule is C#CC(C)(C)NC(=O)C1(CN)CCC(C)CC1. The first kappa shape index (κ1) is 14.1. The third-order valence-corrected chi connectivity index (χ3v) is 3.89. The lowest BCUT2D eigenvalue weighted by molar-refractivity contribution is -0.134. The molecule has 0 heterocycles. The van der Waals surface area contributed by atoms with E-state index >= 15 is 0 Å². The zero-order valence-corrected chi connectivity index (χ0v) is 11.2. The van der Waals surface area contributed by atoms with Gasteiger partial charge in [-0.05, 0) is 45.4 Å². The third kappa shape index (κ3) is 3.23. The van der Waals surface area contributed by atoms with Crippen molar-refractivity contribution >= 4 is 5.91 Å². The molecule has 0 aromatic rings. The van der Waals surface area contributed by atoms with Gasteiger partial charge in [0.1, 0.15) is 0 Å². The molecule has 0 unspecified atom stereocenters. The maximum atomic E-state index is 12.3. The smallest absolute Gasteiger partial charge is 0.228 e. The molecule has 0 spiro atoms. The maximum absolute atomic E-state index is 12.3. The minimum Gasteiger partial charge on any atom is -0.340 e. The molecule has 1 rings (SSSR count). The fourth-order valence-corrected chi connectivity index (χ4v) is 2.29. The molecule has 96 valence electrons. The van der Waals surface area contributed by atoms with E-state index in [0.717, 1.165) is 25.7 Å². The number of nitrogens with two attached hydrogens (primary N) is 1. The molecule has 1 fully saturated rings. The van der Waals surface area contributed by atoms with Gasteiger partial charge in [-0.2, -0.15) is 0 Å². The van der Waals surface area contributed by atoms with E-state index in [-0.39, 0.29) is 5.91 Å². The first-order valence-corrected chi connectivity index (χ1v) is 6.36. The van der Waals surface area contributed by atoms with Crippen LogP contribution in [0.25, 0.3) is 0 Å². The van der Waals surface area contributed by atoms with Gasteiger partial charge >= 0.3 is 0 Å². The molecule has 3 N–H and O–H groups in total. The molecule has 1 aliphatic rings. The summed E-state index contributed by atoms with van der Waals surface area (Å²) in [6.07, 6.45) is 9.28. The number of nitrogens with one attached hydrogen (secondary N) is 1. The first-order valence-electron chi connectivity index (χ1n) is 6.36. The number of carbonyl (C=O) groups is 1. The average molecular weight is 236 g/mol. The van der Waals surface area contributed by atoms with Crippen LogP contribution in [0, 0.1) is 23.7 Å². The van der Waals surface area contributed by atoms with Crippen molar-refractivity contribution in [2.75, 3.05) is 6.54 Å². The molecule has 1 aliphatic carbocycles. The van der Waals surface area contributed by atoms with Crippen LogP contribution in [0.5, 0.6) is 0 Å². The Morgan fingerprint density at radius 3 is 2.47 bits per heavy atom. The van der Waals surface area contributed by atoms with Gasteiger partial charge in [0.25, 0.3) is 0 Å². The molecule has 17 heavy (non-hydrogen) atoms. The second kappa shape index (κ2) is 5.10. The Hall–Kier alpha value is -1.01. The largest absolute Gasteiger partial charge is 0.340 e. The van der Waals surface area contributed by atoms with Crippen molar-refractivity contribution in [1.82, 2.24) is 5.32 Å². The lowest BCUT2D eigenvalue weighted by Gasteiger charge is -2.38. The average Bonchev–Trinajstić information content (AvgIpc) is 2.30. The Labute approximate surface area is 105 Å². The van der Waals surface area contributed by atoms with E-state index in [4.69, 9.17) is 12.2 Å². The summed E-state index contributed by atoms with van der Waals surface area (Å²) in [4.78, 5) is 12.3. The quantitative estimate of drug-likeness (QED) is 0.732. The van der Waals surface area contributed by atoms with E-state index in [9.17, 15) is 4.79 Å². The summed E-state index contributed by atoms with van der Waals surface area (Å²) in [6, 6.07) is 0. The molecule has 3 heteroatoms. The Morgan fingerprint density at radius 2 is 2.06 bits per heavy atom. The molecule has 3 nitrogen and oxygen atoms in total. The summed E-state index contributed by atoms with van der Waals surface area (Å²) < 4.78 is 0. The van der Waals surface area contributed by atoms with Gasteiger partial charge in [-0.15, -0.1) is 6.42 Å². The molecule has 0 saturated heterocycles. The minimum atomic E-state index is -0.595. The number of amides is 1. The van der Waals surface area contributed by atoms with Crippen LogP contribution in [-0.2, 0) is 4.79 Å². The van der Waals surface area contributed by atoms with Gasteiger partial charge < -0.3 is 11.1 Å². The van der Waals surface area contributed by atoms with Crippen molar-refractivity contribution in [2.24, 2.45) is 17.1 Å². The van der Waals surface area contributed by atoms with Crippen LogP contribution in [0.1, 0.15) is 46.5 Å². The van der Waals surface area contributed by atoms with Crippen LogP contribution in [0.3, 0.4) is 0 Å². The molecule has 1 amide bonds. The van der Waals surface area contributed by atoms with Crippen LogP contribution in [0.4, 0.5) is 0 Å². The Morgan fingerprint density at radius 1 is 1.53 bits per heavy atom. The van der Waals surface area contributed by atoms with Crippen molar-refractivity contribution in [3.63, 3.8) is 0 Å². The fraction of sp³-hybridized carbons (Fsp3) is 0.786. The monoisotopic (exact) mass is 236 g/mol. The number of hydrogen-bond acceptors (Lipinski definition) is 2. The lowest BCUT2D eigenvalue weighted by Crippen LogP contribution is -2.53. The van der Waals surface area contributed by atoms with Crippen molar-refractivity contribution in [2.45, 2.75) is 52.0 Å². The Bertz CT molecular complexity index is 320. The predicted octanol–water partition coefficient (Wildman–Crippen LogP) is 1.67. The summed E-state index contributed by atoms with van der Waals surface area (Å²) in [6.45, 7) is 6.30. The van der Waals surface area contributed by atoms with E-state index in [0.29, 0.717) is 12.5 Å². The number of rotatable bonds is 3. The highest BCUT2D eigenvalue weighted by Gasteiger charge is 2.41. The van der Waals surface area contributed by atoms with Gasteiger partial charge in [-0.25, -0.2) is 0 Å². The summed E-state index contributed by atoms with van der Waals surface area (Å²) in [5.41, 5.74) is 4.84. The van der Waals surface area contributed by atoms with Crippen molar-refractivity contribution in [3.8, 4) is 12.3 Å². The molecule has 0 aromatic carbocycles. The van der Waals surface area contributed by atoms with Crippen LogP contribution in [0.15, 0.2) is 0 Å². The molecule has 0 aromatic heterocycles. The van der Waals surface area contributed by atoms with Gasteiger partial charge in [0.15, 0.2) is 0 Å². The topological polar surface area (TPSA) is 55.1 Å². The second-order valence-electron chi connectivity index (χ2n) is 5.89. The highest BCUT2D eigenvalue weighted by molar-refractivity contribution is 5.84. The normalized spacial score (nSPS) is 29.5. The summed E-state index contributed by atoms with van der Waals surface area (Å²) >= 11 is 0. The van der Waals surface area contributed by atoms with Gasteiger partial charge in [0.05, 0.1) is 11.0 Å². The first-order chi connectivity index (χ1) is 7.85. The Balaban J connectivity index is 2.74. The zero-order valence-electron chi connectivity index (χ0n) is 11.2. The number of terminal acetylenes is 1. The van der Waals surface area contributed by atoms with Gasteiger partial charge in [0.2, 0.25) is 5.91 Å². The summed E-state index contributed by atoms with van der Waals surface area (Å²) in [5, 5.41) is 2.93. The van der Waals surface area contributed by atoms with Crippen molar-refractivity contribution in [3.05, 3.63) is 0 Å². The summed E-state index contributed by atoms with van der Waals surface area (Å²) in [7, 11) is 0. The second-order valence-corrected chi connectivity index (χ2v) is 5.89. The van der Waals surface area contributed by atoms with Crippen molar-refractivity contribution < 1.29 is 4.79 Å². The number of carbonyl (C=O) groups excluding carboxylic acids is 1. The standard InChI is InChI=1S/C14H24N2O/c1-5-13(3,4)16-12(17)14(10-15)8-6-11(2)7-9-14/h1,11H,6-10,15H2,2-4H3,(H,16,17). The molecule has 1 saturated carbocycles.